The fourth-order valence-corrected chi connectivity index (χ4v) is 4.14. The predicted octanol–water partition coefficient (Wildman–Crippen LogP) is 4.74. The number of halogens is 2. The first-order valence-electron chi connectivity index (χ1n) is 10.5. The summed E-state index contributed by atoms with van der Waals surface area (Å²) in [6.45, 7) is 2.53. The summed E-state index contributed by atoms with van der Waals surface area (Å²) in [6.07, 6.45) is 3.51. The first-order chi connectivity index (χ1) is 15.1. The number of carbonyl (C=O) groups is 1. The van der Waals surface area contributed by atoms with E-state index in [1.54, 1.807) is 12.3 Å². The highest BCUT2D eigenvalue weighted by atomic mass is 19.1. The van der Waals surface area contributed by atoms with Crippen LogP contribution in [0.15, 0.2) is 72.9 Å². The Hall–Kier alpha value is -3.12. The van der Waals surface area contributed by atoms with Crippen molar-refractivity contribution < 1.29 is 13.6 Å². The minimum Gasteiger partial charge on any atom is -0.343 e. The molecule has 31 heavy (non-hydrogen) atoms. The molecule has 160 valence electrons. The monoisotopic (exact) mass is 421 g/mol. The lowest BCUT2D eigenvalue weighted by Gasteiger charge is -2.36. The number of hydrogen-bond acceptors (Lipinski definition) is 3. The summed E-state index contributed by atoms with van der Waals surface area (Å²) in [5.41, 5.74) is 2.19. The van der Waals surface area contributed by atoms with Gasteiger partial charge >= 0.3 is 0 Å². The SMILES string of the molecule is O=C(NC(c1ccccn1)C1CCN(Cc2ccc(F)cc2)CC1)c1cccc(F)c1. The molecule has 0 spiro atoms. The zero-order valence-electron chi connectivity index (χ0n) is 17.2. The number of nitrogens with one attached hydrogen (secondary N) is 1. The number of nitrogens with zero attached hydrogens (tertiary/aromatic N) is 2. The number of likely N-dealkylation sites (tertiary alicyclic amines) is 1. The number of piperidine rings is 1. The summed E-state index contributed by atoms with van der Waals surface area (Å²) >= 11 is 0. The zero-order valence-corrected chi connectivity index (χ0v) is 17.2. The Labute approximate surface area is 180 Å². The molecule has 0 aliphatic carbocycles. The molecule has 0 bridgehead atoms. The summed E-state index contributed by atoms with van der Waals surface area (Å²) in [5.74, 6) is -0.744. The quantitative estimate of drug-likeness (QED) is 0.625. The zero-order chi connectivity index (χ0) is 21.6. The van der Waals surface area contributed by atoms with Gasteiger partial charge in [0, 0.05) is 18.3 Å². The maximum absolute atomic E-state index is 13.6. The van der Waals surface area contributed by atoms with Crippen molar-refractivity contribution in [3.8, 4) is 0 Å². The highest BCUT2D eigenvalue weighted by Crippen LogP contribution is 2.31. The van der Waals surface area contributed by atoms with Crippen LogP contribution >= 0.6 is 0 Å². The second-order valence-corrected chi connectivity index (χ2v) is 7.96. The molecule has 4 nitrogen and oxygen atoms in total. The number of benzene rings is 2. The van der Waals surface area contributed by atoms with Crippen molar-refractivity contribution in [2.24, 2.45) is 5.92 Å². The third-order valence-corrected chi connectivity index (χ3v) is 5.80. The smallest absolute Gasteiger partial charge is 0.251 e. The van der Waals surface area contributed by atoms with E-state index in [-0.39, 0.29) is 23.7 Å². The van der Waals surface area contributed by atoms with Crippen molar-refractivity contribution in [2.45, 2.75) is 25.4 Å². The molecule has 6 heteroatoms. The van der Waals surface area contributed by atoms with Crippen LogP contribution in [0.3, 0.4) is 0 Å². The topological polar surface area (TPSA) is 45.2 Å². The van der Waals surface area contributed by atoms with Crippen LogP contribution in [0.1, 0.15) is 40.5 Å². The normalized spacial score (nSPS) is 16.1. The third-order valence-electron chi connectivity index (χ3n) is 5.80. The van der Waals surface area contributed by atoms with Crippen LogP contribution in [0.5, 0.6) is 0 Å². The molecule has 0 saturated carbocycles. The lowest BCUT2D eigenvalue weighted by Crippen LogP contribution is -2.40. The van der Waals surface area contributed by atoms with E-state index in [1.165, 1.54) is 30.3 Å². The molecular weight excluding hydrogens is 396 g/mol. The van der Waals surface area contributed by atoms with Crippen LogP contribution in [0.2, 0.25) is 0 Å². The Bertz CT molecular complexity index is 1000. The average Bonchev–Trinajstić information content (AvgIpc) is 2.80. The number of amides is 1. The third kappa shape index (κ3) is 5.52. The molecule has 1 atom stereocenters. The van der Waals surface area contributed by atoms with Gasteiger partial charge < -0.3 is 5.32 Å². The molecule has 3 aromatic rings. The van der Waals surface area contributed by atoms with Crippen LogP contribution in [0.25, 0.3) is 0 Å². The maximum Gasteiger partial charge on any atom is 0.251 e. The van der Waals surface area contributed by atoms with Gasteiger partial charge in [0.25, 0.3) is 5.91 Å². The predicted molar refractivity (Wildman–Crippen MR) is 115 cm³/mol. The molecular formula is C25H25F2N3O. The molecule has 1 aromatic heterocycles. The lowest BCUT2D eigenvalue weighted by molar-refractivity contribution is 0.0888. The van der Waals surface area contributed by atoms with Crippen LogP contribution < -0.4 is 5.32 Å². The van der Waals surface area contributed by atoms with Gasteiger partial charge in [0.05, 0.1) is 11.7 Å². The Morgan fingerprint density at radius 2 is 1.77 bits per heavy atom. The van der Waals surface area contributed by atoms with E-state index in [9.17, 15) is 13.6 Å². The first-order valence-corrected chi connectivity index (χ1v) is 10.5. The standard InChI is InChI=1S/C25H25F2N3O/c26-21-9-7-18(8-10-21)17-30-14-11-19(12-15-30)24(23-6-1-2-13-28-23)29-25(31)20-4-3-5-22(27)16-20/h1-10,13,16,19,24H,11-12,14-15,17H2,(H,29,31). The molecule has 1 fully saturated rings. The summed E-state index contributed by atoms with van der Waals surface area (Å²) in [6, 6.07) is 17.8. The largest absolute Gasteiger partial charge is 0.343 e. The van der Waals surface area contributed by atoms with E-state index >= 15 is 0 Å². The van der Waals surface area contributed by atoms with Gasteiger partial charge in [-0.2, -0.15) is 0 Å². The molecule has 0 radical (unpaired) electrons. The van der Waals surface area contributed by atoms with E-state index in [2.05, 4.69) is 15.2 Å². The number of aromatic nitrogens is 1. The van der Waals surface area contributed by atoms with Gasteiger partial charge in [-0.15, -0.1) is 0 Å². The first kappa shape index (κ1) is 21.1. The molecule has 1 unspecified atom stereocenters. The fraction of sp³-hybridized carbons (Fsp3) is 0.280. The Morgan fingerprint density at radius 3 is 2.45 bits per heavy atom. The minimum atomic E-state index is -0.434. The molecule has 2 heterocycles. The number of hydrogen-bond donors (Lipinski definition) is 1. The lowest BCUT2D eigenvalue weighted by atomic mass is 9.87. The van der Waals surface area contributed by atoms with E-state index < -0.39 is 5.82 Å². The Balaban J connectivity index is 1.44. The van der Waals surface area contributed by atoms with Gasteiger partial charge in [0.2, 0.25) is 0 Å². The molecule has 1 N–H and O–H groups in total. The fourth-order valence-electron chi connectivity index (χ4n) is 4.14. The van der Waals surface area contributed by atoms with Gasteiger partial charge in [-0.25, -0.2) is 8.78 Å². The Morgan fingerprint density at radius 1 is 1.00 bits per heavy atom. The van der Waals surface area contributed by atoms with Crippen LogP contribution in [0.4, 0.5) is 8.78 Å². The highest BCUT2D eigenvalue weighted by molar-refractivity contribution is 5.94. The number of carbonyl (C=O) groups excluding carboxylic acids is 1. The number of pyridine rings is 1. The van der Waals surface area contributed by atoms with Gasteiger partial charge in [0.1, 0.15) is 11.6 Å². The van der Waals surface area contributed by atoms with Crippen molar-refractivity contribution in [1.29, 1.82) is 0 Å². The van der Waals surface area contributed by atoms with Crippen molar-refractivity contribution in [3.05, 3.63) is 101 Å². The van der Waals surface area contributed by atoms with Crippen LogP contribution in [-0.2, 0) is 6.54 Å². The van der Waals surface area contributed by atoms with E-state index in [0.717, 1.165) is 43.7 Å². The highest BCUT2D eigenvalue weighted by Gasteiger charge is 2.30. The van der Waals surface area contributed by atoms with Crippen molar-refractivity contribution in [2.75, 3.05) is 13.1 Å². The van der Waals surface area contributed by atoms with Crippen LogP contribution in [-0.4, -0.2) is 28.9 Å². The summed E-state index contributed by atoms with van der Waals surface area (Å²) in [7, 11) is 0. The molecule has 4 rings (SSSR count). The second kappa shape index (κ2) is 9.79. The van der Waals surface area contributed by atoms with Crippen LogP contribution in [0, 0.1) is 17.6 Å². The summed E-state index contributed by atoms with van der Waals surface area (Å²) < 4.78 is 26.7. The van der Waals surface area contributed by atoms with Gasteiger partial charge in [-0.3, -0.25) is 14.7 Å². The molecule has 1 saturated heterocycles. The summed E-state index contributed by atoms with van der Waals surface area (Å²) in [4.78, 5) is 19.6. The summed E-state index contributed by atoms with van der Waals surface area (Å²) in [5, 5.41) is 3.09. The molecule has 2 aromatic carbocycles. The van der Waals surface area contributed by atoms with E-state index in [0.29, 0.717) is 5.56 Å². The second-order valence-electron chi connectivity index (χ2n) is 7.96. The molecule has 1 aliphatic heterocycles. The Kier molecular flexibility index (Phi) is 6.67. The van der Waals surface area contributed by atoms with E-state index in [4.69, 9.17) is 0 Å². The van der Waals surface area contributed by atoms with Gasteiger partial charge in [-0.05, 0) is 79.9 Å². The minimum absolute atomic E-state index is 0.219. The maximum atomic E-state index is 13.6. The van der Waals surface area contributed by atoms with Gasteiger partial charge in [-0.1, -0.05) is 24.3 Å². The van der Waals surface area contributed by atoms with E-state index in [1.807, 2.05) is 30.3 Å². The van der Waals surface area contributed by atoms with Crippen molar-refractivity contribution in [3.63, 3.8) is 0 Å². The van der Waals surface area contributed by atoms with Crippen molar-refractivity contribution in [1.82, 2.24) is 15.2 Å². The van der Waals surface area contributed by atoms with Crippen molar-refractivity contribution >= 4 is 5.91 Å². The molecule has 1 aliphatic rings. The van der Waals surface area contributed by atoms with Gasteiger partial charge in [0.15, 0.2) is 0 Å². The number of rotatable bonds is 6. The molecule has 1 amide bonds. The average molecular weight is 421 g/mol.